The molecule has 3 aromatic heterocycles. The first-order valence-corrected chi connectivity index (χ1v) is 9.41. The molecule has 0 aliphatic rings. The molecule has 0 atom stereocenters. The molecule has 3 heterocycles. The van der Waals surface area contributed by atoms with Gasteiger partial charge in [0.15, 0.2) is 22.3 Å². The summed E-state index contributed by atoms with van der Waals surface area (Å²) in [6.07, 6.45) is 3.25. The van der Waals surface area contributed by atoms with Crippen LogP contribution >= 0.6 is 11.8 Å². The Hall–Kier alpha value is -3.71. The summed E-state index contributed by atoms with van der Waals surface area (Å²) in [4.78, 5) is 30.7. The van der Waals surface area contributed by atoms with Crippen molar-refractivity contribution in [3.8, 4) is 17.7 Å². The summed E-state index contributed by atoms with van der Waals surface area (Å²) >= 11 is 1.26. The summed E-state index contributed by atoms with van der Waals surface area (Å²) in [5.41, 5.74) is 0.493. The van der Waals surface area contributed by atoms with Crippen molar-refractivity contribution in [2.24, 2.45) is 0 Å². The van der Waals surface area contributed by atoms with E-state index in [-0.39, 0.29) is 16.5 Å². The van der Waals surface area contributed by atoms with Crippen LogP contribution in [0.5, 0.6) is 0 Å². The highest BCUT2D eigenvalue weighted by atomic mass is 32.2. The molecular weight excluding hydrogens is 395 g/mol. The van der Waals surface area contributed by atoms with Gasteiger partial charge in [-0.1, -0.05) is 29.8 Å². The average Bonchev–Trinajstić information content (AvgIpc) is 3.10. The molecule has 0 amide bonds. The van der Waals surface area contributed by atoms with Crippen LogP contribution in [0, 0.1) is 17.7 Å². The van der Waals surface area contributed by atoms with E-state index in [2.05, 4.69) is 32.0 Å². The van der Waals surface area contributed by atoms with Crippen molar-refractivity contribution in [2.45, 2.75) is 17.8 Å². The number of nitrogens with zero attached hydrogens (tertiary/aromatic N) is 5. The summed E-state index contributed by atoms with van der Waals surface area (Å²) in [6.45, 7) is 1.77. The van der Waals surface area contributed by atoms with Crippen molar-refractivity contribution in [1.82, 2.24) is 29.4 Å². The molecule has 144 valence electrons. The lowest BCUT2D eigenvalue weighted by Crippen LogP contribution is -2.26. The van der Waals surface area contributed by atoms with Crippen molar-refractivity contribution < 1.29 is 4.39 Å². The van der Waals surface area contributed by atoms with E-state index in [1.54, 1.807) is 6.92 Å². The van der Waals surface area contributed by atoms with E-state index in [1.807, 2.05) is 24.3 Å². The van der Waals surface area contributed by atoms with Crippen LogP contribution in [-0.2, 0) is 5.75 Å². The maximum Gasteiger partial charge on any atom is 0.289 e. The third-order valence-corrected chi connectivity index (χ3v) is 4.96. The molecule has 10 heteroatoms. The van der Waals surface area contributed by atoms with Crippen LogP contribution in [-0.4, -0.2) is 29.4 Å². The van der Waals surface area contributed by atoms with E-state index in [9.17, 15) is 14.0 Å². The second kappa shape index (κ2) is 7.73. The van der Waals surface area contributed by atoms with Crippen LogP contribution in [0.15, 0.2) is 57.6 Å². The van der Waals surface area contributed by atoms with Crippen molar-refractivity contribution in [2.75, 3.05) is 0 Å². The predicted octanol–water partition coefficient (Wildman–Crippen LogP) is 1.77. The van der Waals surface area contributed by atoms with Gasteiger partial charge in [-0.05, 0) is 24.6 Å². The van der Waals surface area contributed by atoms with E-state index in [0.717, 1.165) is 32.7 Å². The Morgan fingerprint density at radius 3 is 2.69 bits per heavy atom. The zero-order valence-corrected chi connectivity index (χ0v) is 15.9. The molecule has 1 N–H and O–H groups in total. The lowest BCUT2D eigenvalue weighted by Gasteiger charge is -2.10. The van der Waals surface area contributed by atoms with E-state index in [1.165, 1.54) is 18.0 Å². The van der Waals surface area contributed by atoms with Crippen LogP contribution in [0.25, 0.3) is 11.3 Å². The van der Waals surface area contributed by atoms with Gasteiger partial charge in [-0.3, -0.25) is 9.59 Å². The van der Waals surface area contributed by atoms with Gasteiger partial charge < -0.3 is 4.98 Å². The molecule has 0 spiro atoms. The van der Waals surface area contributed by atoms with Gasteiger partial charge in [0.1, 0.15) is 0 Å². The van der Waals surface area contributed by atoms with E-state index in [0.29, 0.717) is 5.75 Å². The topological polar surface area (TPSA) is 97.9 Å². The first-order valence-electron chi connectivity index (χ1n) is 8.43. The average molecular weight is 408 g/mol. The number of thioether (sulfide) groups is 1. The number of H-pyrrole nitrogens is 1. The molecule has 29 heavy (non-hydrogen) atoms. The zero-order valence-electron chi connectivity index (χ0n) is 15.1. The smallest absolute Gasteiger partial charge is 0.289 e. The lowest BCUT2D eigenvalue weighted by molar-refractivity contribution is 0.623. The van der Waals surface area contributed by atoms with Gasteiger partial charge in [0, 0.05) is 17.5 Å². The minimum atomic E-state index is -0.787. The summed E-state index contributed by atoms with van der Waals surface area (Å²) in [7, 11) is 0. The highest BCUT2D eigenvalue weighted by molar-refractivity contribution is 7.98. The molecule has 1 aromatic carbocycles. The first kappa shape index (κ1) is 18.6. The van der Waals surface area contributed by atoms with Gasteiger partial charge >= 0.3 is 0 Å². The number of rotatable bonds is 4. The van der Waals surface area contributed by atoms with E-state index < -0.39 is 16.9 Å². The lowest BCUT2D eigenvalue weighted by atomic mass is 10.1. The minimum Gasteiger partial charge on any atom is -0.324 e. The van der Waals surface area contributed by atoms with Gasteiger partial charge in [0.25, 0.3) is 11.1 Å². The van der Waals surface area contributed by atoms with Crippen LogP contribution in [0.3, 0.4) is 0 Å². The van der Waals surface area contributed by atoms with E-state index in [4.69, 9.17) is 0 Å². The number of halogens is 1. The molecule has 0 aliphatic carbocycles. The molecule has 8 nitrogen and oxygen atoms in total. The van der Waals surface area contributed by atoms with Crippen LogP contribution in [0.4, 0.5) is 4.39 Å². The van der Waals surface area contributed by atoms with Gasteiger partial charge in [-0.25, -0.2) is 13.9 Å². The Balaban J connectivity index is 1.76. The van der Waals surface area contributed by atoms with Gasteiger partial charge in [-0.2, -0.15) is 5.10 Å². The second-order valence-electron chi connectivity index (χ2n) is 5.88. The second-order valence-corrected chi connectivity index (χ2v) is 6.83. The Morgan fingerprint density at radius 2 is 2.00 bits per heavy atom. The van der Waals surface area contributed by atoms with Crippen LogP contribution in [0.1, 0.15) is 18.1 Å². The van der Waals surface area contributed by atoms with E-state index >= 15 is 0 Å². The maximum absolute atomic E-state index is 14.0. The van der Waals surface area contributed by atoms with Crippen molar-refractivity contribution in [3.05, 3.63) is 80.5 Å². The van der Waals surface area contributed by atoms with Crippen LogP contribution in [0.2, 0.25) is 0 Å². The summed E-state index contributed by atoms with van der Waals surface area (Å²) in [6, 6.07) is 7.67. The Bertz CT molecular complexity index is 1360. The number of benzene rings is 1. The summed E-state index contributed by atoms with van der Waals surface area (Å²) in [5, 5.41) is 8.29. The SMILES string of the molecule is CC#Cc1ccc(CSc2nn3ncc(F)c3c(=O)n2-c2c[nH]c(=O)cn2)cc1. The molecule has 0 bridgehead atoms. The molecular formula is C19H13FN6O2S. The maximum atomic E-state index is 14.0. The van der Waals surface area contributed by atoms with Gasteiger partial charge in [-0.15, -0.1) is 15.6 Å². The molecule has 4 rings (SSSR count). The predicted molar refractivity (Wildman–Crippen MR) is 106 cm³/mol. The summed E-state index contributed by atoms with van der Waals surface area (Å²) < 4.78 is 16.1. The normalized spacial score (nSPS) is 10.7. The fourth-order valence-electron chi connectivity index (χ4n) is 2.63. The largest absolute Gasteiger partial charge is 0.324 e. The monoisotopic (exact) mass is 408 g/mol. The highest BCUT2D eigenvalue weighted by Crippen LogP contribution is 2.22. The van der Waals surface area contributed by atoms with Crippen LogP contribution < -0.4 is 11.1 Å². The molecule has 0 saturated heterocycles. The first-order chi connectivity index (χ1) is 14.1. The van der Waals surface area contributed by atoms with Crippen molar-refractivity contribution in [3.63, 3.8) is 0 Å². The molecule has 0 fully saturated rings. The number of hydrogen-bond acceptors (Lipinski definition) is 6. The van der Waals surface area contributed by atoms with Crippen molar-refractivity contribution >= 4 is 17.3 Å². The molecule has 0 radical (unpaired) electrons. The molecule has 4 aromatic rings. The third-order valence-electron chi connectivity index (χ3n) is 3.96. The highest BCUT2D eigenvalue weighted by Gasteiger charge is 2.18. The quantitative estimate of drug-likeness (QED) is 0.408. The third kappa shape index (κ3) is 3.68. The summed E-state index contributed by atoms with van der Waals surface area (Å²) in [5.74, 6) is 5.64. The Morgan fingerprint density at radius 1 is 1.21 bits per heavy atom. The number of aromatic nitrogens is 6. The Labute approximate surface area is 167 Å². The zero-order chi connectivity index (χ0) is 20.4. The number of nitrogens with one attached hydrogen (secondary N) is 1. The fraction of sp³-hybridized carbons (Fsp3) is 0.105. The Kier molecular flexibility index (Phi) is 4.97. The number of aromatic amines is 1. The fourth-order valence-corrected chi connectivity index (χ4v) is 3.56. The molecule has 0 saturated carbocycles. The molecule has 0 unspecified atom stereocenters. The minimum absolute atomic E-state index is 0.126. The molecule has 0 aliphatic heterocycles. The van der Waals surface area contributed by atoms with Gasteiger partial charge in [0.2, 0.25) is 0 Å². The standard InChI is InChI=1S/C19H13FN6O2S/c1-2-3-12-4-6-13(7-5-12)11-29-19-24-26-17(14(20)8-23-26)18(28)25(19)15-9-22-16(27)10-21-15/h4-10H,11H2,1H3,(H,22,27). The van der Waals surface area contributed by atoms with Crippen molar-refractivity contribution in [1.29, 1.82) is 0 Å². The number of fused-ring (bicyclic) bond motifs is 1. The number of hydrogen-bond donors (Lipinski definition) is 1. The van der Waals surface area contributed by atoms with Gasteiger partial charge in [0.05, 0.1) is 12.4 Å².